The predicted molar refractivity (Wildman–Crippen MR) is 148 cm³/mol. The number of hydrogen-bond acceptors (Lipinski definition) is 13. The smallest absolute Gasteiger partial charge is 0.414 e. The second kappa shape index (κ2) is 13.1. The van der Waals surface area contributed by atoms with E-state index in [4.69, 9.17) is 9.47 Å². The summed E-state index contributed by atoms with van der Waals surface area (Å²) in [5, 5.41) is 25.5. The Kier molecular flexibility index (Phi) is 8.95. The van der Waals surface area contributed by atoms with Gasteiger partial charge in [-0.15, -0.1) is 0 Å². The lowest BCUT2D eigenvalue weighted by molar-refractivity contribution is 0.0839. The lowest BCUT2D eigenvalue weighted by Crippen LogP contribution is -2.33. The number of nitrogens with zero attached hydrogens (tertiary/aromatic N) is 8. The molecule has 2 fully saturated rings. The van der Waals surface area contributed by atoms with Gasteiger partial charge >= 0.3 is 12.1 Å². The van der Waals surface area contributed by atoms with Gasteiger partial charge in [0, 0.05) is 55.0 Å². The van der Waals surface area contributed by atoms with Crippen molar-refractivity contribution in [3.05, 3.63) is 36.5 Å². The Morgan fingerprint density at radius 1 is 0.951 bits per heavy atom. The fraction of sp³-hybridized carbons (Fsp3) is 0.481. The highest BCUT2D eigenvalue weighted by atomic mass is 16.6. The Morgan fingerprint density at radius 2 is 1.63 bits per heavy atom. The molecule has 4 heterocycles. The van der Waals surface area contributed by atoms with Gasteiger partial charge in [-0.3, -0.25) is 5.32 Å². The molecular weight excluding hydrogens is 528 g/mol. The molecule has 1 aliphatic carbocycles. The molecule has 0 radical (unpaired) electrons. The first-order chi connectivity index (χ1) is 20.0. The minimum atomic E-state index is -0.607. The van der Waals surface area contributed by atoms with E-state index in [-0.39, 0.29) is 30.2 Å². The first-order valence-electron chi connectivity index (χ1n) is 13.6. The Morgan fingerprint density at radius 3 is 2.32 bits per heavy atom. The van der Waals surface area contributed by atoms with Crippen molar-refractivity contribution in [2.75, 3.05) is 35.7 Å². The van der Waals surface area contributed by atoms with Crippen LogP contribution in [0.1, 0.15) is 50.5 Å². The van der Waals surface area contributed by atoms with E-state index >= 15 is 0 Å². The zero-order chi connectivity index (χ0) is 28.6. The number of methoxy groups -OCH3 is 1. The predicted octanol–water partition coefficient (Wildman–Crippen LogP) is 2.93. The maximum Gasteiger partial charge on any atom is 0.414 e. The Labute approximate surface area is 237 Å². The van der Waals surface area contributed by atoms with Gasteiger partial charge in [-0.2, -0.15) is 10.2 Å². The molecule has 1 saturated heterocycles. The van der Waals surface area contributed by atoms with Crippen molar-refractivity contribution in [2.24, 2.45) is 0 Å². The van der Waals surface area contributed by atoms with Crippen molar-refractivity contribution in [1.29, 1.82) is 5.26 Å². The molecule has 1 aliphatic heterocycles. The number of aromatic nitrogens is 6. The summed E-state index contributed by atoms with van der Waals surface area (Å²) in [6.45, 7) is 1.38. The first-order valence-corrected chi connectivity index (χ1v) is 13.6. The van der Waals surface area contributed by atoms with Crippen LogP contribution in [0.25, 0.3) is 11.1 Å². The van der Waals surface area contributed by atoms with Gasteiger partial charge in [-0.05, 0) is 44.9 Å². The lowest BCUT2D eigenvalue weighted by Gasteiger charge is -2.29. The number of anilines is 3. The number of rotatable bonds is 7. The number of ether oxygens (including phenoxy) is 2. The summed E-state index contributed by atoms with van der Waals surface area (Å²) in [5.74, 6) is 1.20. The van der Waals surface area contributed by atoms with E-state index < -0.39 is 6.09 Å². The average molecular weight is 561 g/mol. The second-order valence-corrected chi connectivity index (χ2v) is 10.0. The summed E-state index contributed by atoms with van der Waals surface area (Å²) in [5.41, 5.74) is 1.83. The molecule has 2 aliphatic rings. The van der Waals surface area contributed by atoms with Gasteiger partial charge in [0.05, 0.1) is 19.4 Å². The van der Waals surface area contributed by atoms with Gasteiger partial charge < -0.3 is 24.8 Å². The molecule has 41 heavy (non-hydrogen) atoms. The number of amides is 1. The molecule has 1 saturated carbocycles. The van der Waals surface area contributed by atoms with Crippen molar-refractivity contribution < 1.29 is 19.4 Å². The van der Waals surface area contributed by atoms with Crippen molar-refractivity contribution in [1.82, 2.24) is 29.9 Å². The number of nitriles is 1. The van der Waals surface area contributed by atoms with Crippen LogP contribution in [0.5, 0.6) is 6.01 Å². The van der Waals surface area contributed by atoms with Crippen LogP contribution in [0.4, 0.5) is 22.5 Å². The highest BCUT2D eigenvalue weighted by Crippen LogP contribution is 2.26. The van der Waals surface area contributed by atoms with Crippen molar-refractivity contribution >= 4 is 23.8 Å². The monoisotopic (exact) mass is 560 g/mol. The molecular formula is C27H32N10O4. The van der Waals surface area contributed by atoms with E-state index in [2.05, 4.69) is 51.5 Å². The van der Waals surface area contributed by atoms with Gasteiger partial charge in [0.25, 0.3) is 0 Å². The Bertz CT molecular complexity index is 1360. The van der Waals surface area contributed by atoms with E-state index in [1.165, 1.54) is 7.11 Å². The molecule has 1 unspecified atom stereocenters. The fourth-order valence-corrected chi connectivity index (χ4v) is 4.94. The molecule has 14 heteroatoms. The lowest BCUT2D eigenvalue weighted by atomic mass is 9.93. The SMILES string of the molecule is COc1ncc(-c2cnc(NC(=O)OC3CCC(Nc4ncc(C#N)c(N5CCCC(O)CC5)n4)CC3)nc2)cn1. The molecule has 5 rings (SSSR count). The molecule has 3 aromatic rings. The standard InChI is InChI=1S/C27H32N10O4/c1-40-26-32-15-19(16-33-26)18-13-29-24(30-14-18)36-27(39)41-22-6-4-20(5-7-22)34-25-31-12-17(11-28)23(35-25)37-9-2-3-21(38)8-10-37/h12-16,20-22,38H,2-10H2,1H3,(H,31,34,35)(H,29,30,36,39). The quantitative estimate of drug-likeness (QED) is 0.383. The summed E-state index contributed by atoms with van der Waals surface area (Å²) >= 11 is 0. The summed E-state index contributed by atoms with van der Waals surface area (Å²) in [7, 11) is 1.49. The van der Waals surface area contributed by atoms with Gasteiger partial charge in [-0.1, -0.05) is 0 Å². The number of carbonyl (C=O) groups excluding carboxylic acids is 1. The zero-order valence-electron chi connectivity index (χ0n) is 22.7. The van der Waals surface area contributed by atoms with Crippen LogP contribution in [-0.4, -0.2) is 79.6 Å². The molecule has 3 N–H and O–H groups in total. The summed E-state index contributed by atoms with van der Waals surface area (Å²) in [6.07, 6.45) is 11.8. The molecule has 14 nitrogen and oxygen atoms in total. The maximum atomic E-state index is 12.4. The van der Waals surface area contributed by atoms with E-state index in [9.17, 15) is 15.2 Å². The summed E-state index contributed by atoms with van der Waals surface area (Å²) in [6, 6.07) is 2.56. The number of nitrogens with one attached hydrogen (secondary N) is 2. The number of hydrogen-bond donors (Lipinski definition) is 3. The van der Waals surface area contributed by atoms with Crippen molar-refractivity contribution in [3.63, 3.8) is 0 Å². The normalized spacial score (nSPS) is 20.8. The fourth-order valence-electron chi connectivity index (χ4n) is 4.94. The highest BCUT2D eigenvalue weighted by molar-refractivity contribution is 5.82. The van der Waals surface area contributed by atoms with E-state index in [0.717, 1.165) is 37.8 Å². The third-order valence-electron chi connectivity index (χ3n) is 7.18. The third kappa shape index (κ3) is 7.31. The zero-order valence-corrected chi connectivity index (χ0v) is 22.7. The summed E-state index contributed by atoms with van der Waals surface area (Å²) in [4.78, 5) is 40.0. The Balaban J connectivity index is 1.09. The average Bonchev–Trinajstić information content (AvgIpc) is 3.22. The Hall–Kier alpha value is -4.64. The number of aliphatic hydroxyl groups excluding tert-OH is 1. The molecule has 0 spiro atoms. The van der Waals surface area contributed by atoms with Crippen molar-refractivity contribution in [2.45, 2.75) is 63.2 Å². The van der Waals surface area contributed by atoms with E-state index in [1.54, 1.807) is 31.0 Å². The van der Waals surface area contributed by atoms with Crippen LogP contribution in [-0.2, 0) is 4.74 Å². The first kappa shape index (κ1) is 27.9. The highest BCUT2D eigenvalue weighted by Gasteiger charge is 2.26. The van der Waals surface area contributed by atoms with E-state index in [0.29, 0.717) is 48.7 Å². The van der Waals surface area contributed by atoms with Gasteiger partial charge in [-0.25, -0.2) is 29.7 Å². The minimum absolute atomic E-state index is 0.113. The molecule has 3 aromatic heterocycles. The third-order valence-corrected chi connectivity index (χ3v) is 7.18. The number of aliphatic hydroxyl groups is 1. The summed E-state index contributed by atoms with van der Waals surface area (Å²) < 4.78 is 10.6. The van der Waals surface area contributed by atoms with Crippen LogP contribution >= 0.6 is 0 Å². The number of carbonyl (C=O) groups is 1. The van der Waals surface area contributed by atoms with Gasteiger partial charge in [0.1, 0.15) is 17.7 Å². The second-order valence-electron chi connectivity index (χ2n) is 10.0. The van der Waals surface area contributed by atoms with E-state index in [1.807, 2.05) is 0 Å². The largest absolute Gasteiger partial charge is 0.467 e. The minimum Gasteiger partial charge on any atom is -0.467 e. The van der Waals surface area contributed by atoms with Crippen LogP contribution < -0.4 is 20.3 Å². The molecule has 1 atom stereocenters. The topological polar surface area (TPSA) is 184 Å². The van der Waals surface area contributed by atoms with Crippen LogP contribution in [0.15, 0.2) is 31.0 Å². The van der Waals surface area contributed by atoms with Crippen molar-refractivity contribution in [3.8, 4) is 23.2 Å². The van der Waals surface area contributed by atoms with Crippen LogP contribution in [0.3, 0.4) is 0 Å². The van der Waals surface area contributed by atoms with Gasteiger partial charge in [0.2, 0.25) is 11.9 Å². The maximum absolute atomic E-state index is 12.4. The van der Waals surface area contributed by atoms with Crippen LogP contribution in [0.2, 0.25) is 0 Å². The van der Waals surface area contributed by atoms with Crippen LogP contribution in [0, 0.1) is 11.3 Å². The van der Waals surface area contributed by atoms with Gasteiger partial charge in [0.15, 0.2) is 5.82 Å². The molecule has 214 valence electrons. The molecule has 1 amide bonds. The molecule has 0 bridgehead atoms. The molecule has 0 aromatic carbocycles.